The monoisotopic (exact) mass is 387 g/mol. The number of halogens is 2. The normalized spacial score (nSPS) is 10.4. The summed E-state index contributed by atoms with van der Waals surface area (Å²) in [6.07, 6.45) is 0. The molecule has 94 valence electrons. The molecule has 0 fully saturated rings. The number of benzene rings is 1. The van der Waals surface area contributed by atoms with Crippen LogP contribution in [0.15, 0.2) is 44.0 Å². The van der Waals surface area contributed by atoms with Gasteiger partial charge in [0, 0.05) is 23.6 Å². The zero-order valence-corrected chi connectivity index (χ0v) is 13.7. The Kier molecular flexibility index (Phi) is 4.59. The molecule has 0 saturated heterocycles. The van der Waals surface area contributed by atoms with Crippen LogP contribution in [0.1, 0.15) is 15.9 Å². The highest BCUT2D eigenvalue weighted by atomic mass is 79.9. The smallest absolute Gasteiger partial charge is 0.253 e. The Morgan fingerprint density at radius 3 is 2.50 bits per heavy atom. The van der Waals surface area contributed by atoms with Gasteiger partial charge in [-0.15, -0.1) is 11.3 Å². The molecule has 18 heavy (non-hydrogen) atoms. The van der Waals surface area contributed by atoms with Gasteiger partial charge < -0.3 is 4.90 Å². The predicted molar refractivity (Wildman–Crippen MR) is 82.0 cm³/mol. The van der Waals surface area contributed by atoms with Crippen molar-refractivity contribution in [3.05, 3.63) is 55.1 Å². The number of amides is 1. The summed E-state index contributed by atoms with van der Waals surface area (Å²) in [5.41, 5.74) is 1.84. The molecular formula is C13H11Br2NOS. The molecule has 0 spiro atoms. The van der Waals surface area contributed by atoms with E-state index in [1.165, 1.54) is 0 Å². The second-order valence-corrected chi connectivity index (χ2v) is 7.13. The average Bonchev–Trinajstić information content (AvgIpc) is 2.75. The lowest BCUT2D eigenvalue weighted by Gasteiger charge is -2.16. The molecule has 2 aromatic rings. The largest absolute Gasteiger partial charge is 0.337 e. The van der Waals surface area contributed by atoms with E-state index in [0.29, 0.717) is 12.1 Å². The second kappa shape index (κ2) is 5.99. The van der Waals surface area contributed by atoms with Crippen molar-refractivity contribution in [1.82, 2.24) is 4.90 Å². The summed E-state index contributed by atoms with van der Waals surface area (Å²) < 4.78 is 2.06. The number of thiophene rings is 1. The Bertz CT molecular complexity index is 550. The predicted octanol–water partition coefficient (Wildman–Crippen LogP) is 4.55. The maximum Gasteiger partial charge on any atom is 0.253 e. The summed E-state index contributed by atoms with van der Waals surface area (Å²) in [7, 11) is 1.82. The maximum atomic E-state index is 12.2. The van der Waals surface area contributed by atoms with E-state index in [1.54, 1.807) is 16.2 Å². The van der Waals surface area contributed by atoms with Crippen LogP contribution in [0.2, 0.25) is 0 Å². The first-order chi connectivity index (χ1) is 8.56. The van der Waals surface area contributed by atoms with Crippen LogP contribution in [0.5, 0.6) is 0 Å². The first kappa shape index (κ1) is 13.8. The summed E-state index contributed by atoms with van der Waals surface area (Å²) in [6, 6.07) is 9.44. The van der Waals surface area contributed by atoms with Crippen LogP contribution in [0.4, 0.5) is 0 Å². The molecule has 2 nitrogen and oxygen atoms in total. The van der Waals surface area contributed by atoms with Crippen molar-refractivity contribution < 1.29 is 4.79 Å². The van der Waals surface area contributed by atoms with E-state index >= 15 is 0 Å². The molecule has 1 aromatic carbocycles. The van der Waals surface area contributed by atoms with E-state index in [2.05, 4.69) is 37.2 Å². The molecule has 1 heterocycles. The topological polar surface area (TPSA) is 20.3 Å². The van der Waals surface area contributed by atoms with Gasteiger partial charge in [0.25, 0.3) is 5.91 Å². The lowest BCUT2D eigenvalue weighted by molar-refractivity contribution is 0.0785. The van der Waals surface area contributed by atoms with E-state index in [4.69, 9.17) is 0 Å². The second-order valence-electron chi connectivity index (χ2n) is 3.93. The van der Waals surface area contributed by atoms with Gasteiger partial charge in [-0.3, -0.25) is 4.79 Å². The fourth-order valence-corrected chi connectivity index (χ4v) is 3.05. The quantitative estimate of drug-likeness (QED) is 0.755. The lowest BCUT2D eigenvalue weighted by atomic mass is 10.2. The molecule has 0 aliphatic heterocycles. The zero-order valence-electron chi connectivity index (χ0n) is 9.69. The summed E-state index contributed by atoms with van der Waals surface area (Å²) in [5.74, 6) is 0.0322. The van der Waals surface area contributed by atoms with Gasteiger partial charge in [0.1, 0.15) is 0 Å². The Labute approximate surface area is 127 Å². The molecule has 0 bridgehead atoms. The van der Waals surface area contributed by atoms with E-state index in [1.807, 2.05) is 37.4 Å². The van der Waals surface area contributed by atoms with Crippen molar-refractivity contribution in [3.63, 3.8) is 0 Å². The van der Waals surface area contributed by atoms with E-state index < -0.39 is 0 Å². The van der Waals surface area contributed by atoms with Crippen molar-refractivity contribution >= 4 is 49.1 Å². The Hall–Kier alpha value is -0.650. The van der Waals surface area contributed by atoms with Gasteiger partial charge in [-0.2, -0.15) is 0 Å². The number of nitrogens with zero attached hydrogens (tertiary/aromatic N) is 1. The van der Waals surface area contributed by atoms with Gasteiger partial charge in [-0.05, 0) is 57.2 Å². The SMILES string of the molecule is CN(Cc1csc(Br)c1)C(=O)c1ccc(Br)cc1. The molecule has 2 rings (SSSR count). The zero-order chi connectivity index (χ0) is 13.1. The number of rotatable bonds is 3. The standard InChI is InChI=1S/C13H11Br2NOS/c1-16(7-9-6-12(15)18-8-9)13(17)10-2-4-11(14)5-3-10/h2-6,8H,7H2,1H3. The molecule has 0 saturated carbocycles. The van der Waals surface area contributed by atoms with Crippen molar-refractivity contribution in [2.24, 2.45) is 0 Å². The molecule has 0 radical (unpaired) electrons. The number of hydrogen-bond donors (Lipinski definition) is 0. The minimum Gasteiger partial charge on any atom is -0.337 e. The summed E-state index contributed by atoms with van der Waals surface area (Å²) in [4.78, 5) is 13.9. The molecule has 0 N–H and O–H groups in total. The average molecular weight is 389 g/mol. The van der Waals surface area contributed by atoms with Crippen molar-refractivity contribution in [3.8, 4) is 0 Å². The summed E-state index contributed by atoms with van der Waals surface area (Å²) in [6.45, 7) is 0.622. The van der Waals surface area contributed by atoms with Gasteiger partial charge in [-0.25, -0.2) is 0 Å². The molecule has 0 aliphatic rings. The van der Waals surface area contributed by atoms with E-state index in [0.717, 1.165) is 13.8 Å². The third-order valence-electron chi connectivity index (χ3n) is 2.48. The third-order valence-corrected chi connectivity index (χ3v) is 4.56. The van der Waals surface area contributed by atoms with Gasteiger partial charge in [0.2, 0.25) is 0 Å². The molecule has 1 amide bonds. The van der Waals surface area contributed by atoms with Crippen LogP contribution in [0, 0.1) is 0 Å². The van der Waals surface area contributed by atoms with Crippen molar-refractivity contribution in [2.75, 3.05) is 7.05 Å². The lowest BCUT2D eigenvalue weighted by Crippen LogP contribution is -2.25. The van der Waals surface area contributed by atoms with Crippen LogP contribution >= 0.6 is 43.2 Å². The first-order valence-electron chi connectivity index (χ1n) is 5.30. The fourth-order valence-electron chi connectivity index (χ4n) is 1.59. The Morgan fingerprint density at radius 1 is 1.28 bits per heavy atom. The van der Waals surface area contributed by atoms with Gasteiger partial charge in [0.05, 0.1) is 3.79 Å². The Balaban J connectivity index is 2.07. The van der Waals surface area contributed by atoms with Crippen LogP contribution in [0.3, 0.4) is 0 Å². The van der Waals surface area contributed by atoms with Gasteiger partial charge in [-0.1, -0.05) is 15.9 Å². The van der Waals surface area contributed by atoms with Crippen LogP contribution < -0.4 is 0 Å². The van der Waals surface area contributed by atoms with E-state index in [-0.39, 0.29) is 5.91 Å². The van der Waals surface area contributed by atoms with Gasteiger partial charge >= 0.3 is 0 Å². The number of carbonyl (C=O) groups excluding carboxylic acids is 1. The summed E-state index contributed by atoms with van der Waals surface area (Å²) >= 11 is 8.41. The molecule has 5 heteroatoms. The molecule has 1 aromatic heterocycles. The highest BCUT2D eigenvalue weighted by Crippen LogP contribution is 2.22. The molecule has 0 atom stereocenters. The van der Waals surface area contributed by atoms with Crippen molar-refractivity contribution in [1.29, 1.82) is 0 Å². The van der Waals surface area contributed by atoms with Crippen molar-refractivity contribution in [2.45, 2.75) is 6.54 Å². The Morgan fingerprint density at radius 2 is 1.94 bits per heavy atom. The minimum atomic E-state index is 0.0322. The van der Waals surface area contributed by atoms with Gasteiger partial charge in [0.15, 0.2) is 0 Å². The van der Waals surface area contributed by atoms with E-state index in [9.17, 15) is 4.79 Å². The number of carbonyl (C=O) groups is 1. The highest BCUT2D eigenvalue weighted by molar-refractivity contribution is 9.11. The van der Waals surface area contributed by atoms with Crippen LogP contribution in [0.25, 0.3) is 0 Å². The minimum absolute atomic E-state index is 0.0322. The summed E-state index contributed by atoms with van der Waals surface area (Å²) in [5, 5.41) is 2.05. The molecule has 0 unspecified atom stereocenters. The maximum absolute atomic E-state index is 12.2. The highest BCUT2D eigenvalue weighted by Gasteiger charge is 2.12. The number of hydrogen-bond acceptors (Lipinski definition) is 2. The fraction of sp³-hybridized carbons (Fsp3) is 0.154. The van der Waals surface area contributed by atoms with Crippen LogP contribution in [-0.4, -0.2) is 17.9 Å². The third kappa shape index (κ3) is 3.43. The molecular weight excluding hydrogens is 378 g/mol. The first-order valence-corrected chi connectivity index (χ1v) is 7.77. The van der Waals surface area contributed by atoms with Crippen LogP contribution in [-0.2, 0) is 6.54 Å². The molecule has 0 aliphatic carbocycles.